The number of rotatable bonds is 3. The van der Waals surface area contributed by atoms with Gasteiger partial charge in [0.25, 0.3) is 0 Å². The maximum atomic E-state index is 9.95. The standard InChI is InChI=1S/C12H22O5/c1-3-12(4-2)16-9-6-5-8(7-13)15-11(14)10(9)17-12/h8-11,13-14H,3-7H2,1-2H3/t8-,9?,10+,11?/m0/s1. The highest BCUT2D eigenvalue weighted by Gasteiger charge is 2.50. The lowest BCUT2D eigenvalue weighted by atomic mass is 10.1. The molecule has 0 radical (unpaired) electrons. The molecule has 17 heavy (non-hydrogen) atoms. The van der Waals surface area contributed by atoms with Crippen molar-refractivity contribution in [1.29, 1.82) is 0 Å². The molecule has 0 aromatic rings. The summed E-state index contributed by atoms with van der Waals surface area (Å²) in [5.41, 5.74) is 0. The van der Waals surface area contributed by atoms with Crippen molar-refractivity contribution in [3.05, 3.63) is 0 Å². The Kier molecular flexibility index (Phi) is 4.05. The molecule has 2 saturated heterocycles. The van der Waals surface area contributed by atoms with Gasteiger partial charge in [-0.05, 0) is 25.7 Å². The summed E-state index contributed by atoms with van der Waals surface area (Å²) in [6.45, 7) is 3.94. The fourth-order valence-corrected chi connectivity index (χ4v) is 2.57. The molecule has 2 fully saturated rings. The first-order valence-electron chi connectivity index (χ1n) is 6.44. The van der Waals surface area contributed by atoms with Crippen LogP contribution in [0.1, 0.15) is 39.5 Å². The summed E-state index contributed by atoms with van der Waals surface area (Å²) >= 11 is 0. The van der Waals surface area contributed by atoms with Gasteiger partial charge in [-0.15, -0.1) is 0 Å². The largest absolute Gasteiger partial charge is 0.394 e. The molecule has 4 atom stereocenters. The van der Waals surface area contributed by atoms with E-state index in [1.165, 1.54) is 0 Å². The third-order valence-electron chi connectivity index (χ3n) is 3.75. The molecule has 2 rings (SSSR count). The van der Waals surface area contributed by atoms with Crippen LogP contribution in [0, 0.1) is 0 Å². The Morgan fingerprint density at radius 1 is 1.18 bits per heavy atom. The molecule has 0 saturated carbocycles. The van der Waals surface area contributed by atoms with Gasteiger partial charge in [-0.25, -0.2) is 0 Å². The topological polar surface area (TPSA) is 68.2 Å². The highest BCUT2D eigenvalue weighted by atomic mass is 16.8. The van der Waals surface area contributed by atoms with Crippen LogP contribution in [0.3, 0.4) is 0 Å². The lowest BCUT2D eigenvalue weighted by Gasteiger charge is -2.27. The van der Waals surface area contributed by atoms with E-state index in [4.69, 9.17) is 19.3 Å². The van der Waals surface area contributed by atoms with E-state index < -0.39 is 18.2 Å². The maximum absolute atomic E-state index is 9.95. The van der Waals surface area contributed by atoms with Gasteiger partial charge in [0.05, 0.1) is 18.8 Å². The predicted molar refractivity (Wildman–Crippen MR) is 60.3 cm³/mol. The molecule has 2 aliphatic rings. The molecule has 0 aliphatic carbocycles. The van der Waals surface area contributed by atoms with Crippen LogP contribution < -0.4 is 0 Å². The summed E-state index contributed by atoms with van der Waals surface area (Å²) in [7, 11) is 0. The van der Waals surface area contributed by atoms with E-state index in [1.54, 1.807) is 0 Å². The van der Waals surface area contributed by atoms with Gasteiger partial charge in [0.2, 0.25) is 0 Å². The molecule has 0 spiro atoms. The Labute approximate surface area is 102 Å². The first kappa shape index (κ1) is 13.2. The molecule has 5 heteroatoms. The SMILES string of the molecule is CCC1(CC)OC2CC[C@@H](CO)OC(O)[C@@H]2O1. The average Bonchev–Trinajstić information content (AvgIpc) is 2.67. The van der Waals surface area contributed by atoms with E-state index >= 15 is 0 Å². The fourth-order valence-electron chi connectivity index (χ4n) is 2.57. The van der Waals surface area contributed by atoms with Crippen LogP contribution in [0.2, 0.25) is 0 Å². The van der Waals surface area contributed by atoms with Crippen molar-refractivity contribution in [1.82, 2.24) is 0 Å². The van der Waals surface area contributed by atoms with Crippen molar-refractivity contribution in [3.63, 3.8) is 0 Å². The molecule has 0 bridgehead atoms. The van der Waals surface area contributed by atoms with E-state index in [2.05, 4.69) is 0 Å². The Morgan fingerprint density at radius 2 is 1.88 bits per heavy atom. The fraction of sp³-hybridized carbons (Fsp3) is 1.00. The van der Waals surface area contributed by atoms with Gasteiger partial charge in [0.1, 0.15) is 6.10 Å². The van der Waals surface area contributed by atoms with Gasteiger partial charge in [0.15, 0.2) is 12.1 Å². The van der Waals surface area contributed by atoms with Crippen LogP contribution in [-0.2, 0) is 14.2 Å². The van der Waals surface area contributed by atoms with Gasteiger partial charge in [-0.2, -0.15) is 0 Å². The van der Waals surface area contributed by atoms with Gasteiger partial charge in [-0.3, -0.25) is 0 Å². The first-order valence-corrected chi connectivity index (χ1v) is 6.44. The van der Waals surface area contributed by atoms with Gasteiger partial charge < -0.3 is 24.4 Å². The monoisotopic (exact) mass is 246 g/mol. The van der Waals surface area contributed by atoms with Gasteiger partial charge >= 0.3 is 0 Å². The van der Waals surface area contributed by atoms with E-state index in [9.17, 15) is 5.11 Å². The second-order valence-corrected chi connectivity index (χ2v) is 4.77. The van der Waals surface area contributed by atoms with Crippen LogP contribution in [0.4, 0.5) is 0 Å². The van der Waals surface area contributed by atoms with Gasteiger partial charge in [0, 0.05) is 0 Å². The van der Waals surface area contributed by atoms with Crippen molar-refractivity contribution < 1.29 is 24.4 Å². The average molecular weight is 246 g/mol. The second-order valence-electron chi connectivity index (χ2n) is 4.77. The number of hydrogen-bond acceptors (Lipinski definition) is 5. The van der Waals surface area contributed by atoms with E-state index in [0.717, 1.165) is 19.3 Å². The summed E-state index contributed by atoms with van der Waals surface area (Å²) in [6, 6.07) is 0. The summed E-state index contributed by atoms with van der Waals surface area (Å²) < 4.78 is 17.2. The molecule has 100 valence electrons. The Balaban J connectivity index is 2.07. The van der Waals surface area contributed by atoms with Crippen LogP contribution >= 0.6 is 0 Å². The highest BCUT2D eigenvalue weighted by molar-refractivity contribution is 4.89. The van der Waals surface area contributed by atoms with Crippen molar-refractivity contribution in [2.24, 2.45) is 0 Å². The molecule has 0 aromatic carbocycles. The minimum Gasteiger partial charge on any atom is -0.394 e. The minimum absolute atomic E-state index is 0.0802. The van der Waals surface area contributed by atoms with Crippen molar-refractivity contribution in [2.45, 2.75) is 69.9 Å². The van der Waals surface area contributed by atoms with Crippen molar-refractivity contribution in [3.8, 4) is 0 Å². The third kappa shape index (κ3) is 2.48. The van der Waals surface area contributed by atoms with Crippen LogP contribution in [0.5, 0.6) is 0 Å². The zero-order valence-electron chi connectivity index (χ0n) is 10.5. The quantitative estimate of drug-likeness (QED) is 0.770. The maximum Gasteiger partial charge on any atom is 0.184 e. The summed E-state index contributed by atoms with van der Waals surface area (Å²) in [4.78, 5) is 0. The summed E-state index contributed by atoms with van der Waals surface area (Å²) in [5.74, 6) is -0.578. The lowest BCUT2D eigenvalue weighted by Crippen LogP contribution is -2.37. The molecule has 0 amide bonds. The number of fused-ring (bicyclic) bond motifs is 1. The number of ether oxygens (including phenoxy) is 3. The third-order valence-corrected chi connectivity index (χ3v) is 3.75. The minimum atomic E-state index is -1.01. The van der Waals surface area contributed by atoms with Crippen LogP contribution in [-0.4, -0.2) is 47.2 Å². The van der Waals surface area contributed by atoms with Crippen molar-refractivity contribution >= 4 is 0 Å². The Bertz CT molecular complexity index is 253. The van der Waals surface area contributed by atoms with Crippen LogP contribution in [0.15, 0.2) is 0 Å². The molecular formula is C12H22O5. The smallest absolute Gasteiger partial charge is 0.184 e. The van der Waals surface area contributed by atoms with Crippen molar-refractivity contribution in [2.75, 3.05) is 6.61 Å². The molecule has 2 aliphatic heterocycles. The Hall–Kier alpha value is -0.200. The number of hydrogen-bond donors (Lipinski definition) is 2. The molecule has 0 aromatic heterocycles. The molecule has 2 heterocycles. The first-order chi connectivity index (χ1) is 8.14. The predicted octanol–water partition coefficient (Wildman–Crippen LogP) is 0.776. The van der Waals surface area contributed by atoms with E-state index in [1.807, 2.05) is 13.8 Å². The molecule has 2 N–H and O–H groups in total. The summed E-state index contributed by atoms with van der Waals surface area (Å²) in [6.07, 6.45) is 1.03. The van der Waals surface area contributed by atoms with E-state index in [-0.39, 0.29) is 18.8 Å². The Morgan fingerprint density at radius 3 is 2.47 bits per heavy atom. The highest BCUT2D eigenvalue weighted by Crippen LogP contribution is 2.39. The normalized spacial score (nSPS) is 40.9. The van der Waals surface area contributed by atoms with Crippen LogP contribution in [0.25, 0.3) is 0 Å². The second kappa shape index (κ2) is 5.20. The zero-order valence-corrected chi connectivity index (χ0v) is 10.5. The number of aliphatic hydroxyl groups excluding tert-OH is 2. The zero-order chi connectivity index (χ0) is 12.5. The van der Waals surface area contributed by atoms with Gasteiger partial charge in [-0.1, -0.05) is 13.8 Å². The summed E-state index contributed by atoms with van der Waals surface area (Å²) in [5, 5.41) is 19.0. The molecular weight excluding hydrogens is 224 g/mol. The molecule has 5 nitrogen and oxygen atoms in total. The number of aliphatic hydroxyl groups is 2. The molecule has 2 unspecified atom stereocenters. The lowest BCUT2D eigenvalue weighted by molar-refractivity contribution is -0.231. The van der Waals surface area contributed by atoms with E-state index in [0.29, 0.717) is 6.42 Å².